The van der Waals surface area contributed by atoms with E-state index in [0.717, 1.165) is 110 Å². The molecule has 374 valence electrons. The minimum absolute atomic E-state index is 0.216. The average Bonchev–Trinajstić information content (AvgIpc) is 3.21. The molecule has 0 aromatic heterocycles. The van der Waals surface area contributed by atoms with Crippen molar-refractivity contribution in [2.24, 2.45) is 0 Å². The van der Waals surface area contributed by atoms with Crippen molar-refractivity contribution < 1.29 is 0 Å². The molecule has 5 N–H and O–H groups in total. The lowest BCUT2D eigenvalue weighted by Gasteiger charge is -2.74. The summed E-state index contributed by atoms with van der Waals surface area (Å²) in [4.78, 5) is 8.59. The molecular weight excluding hydrogens is 765 g/mol. The molecule has 4 atom stereocenters. The summed E-state index contributed by atoms with van der Waals surface area (Å²) in [5.41, 5.74) is -2.53. The first-order chi connectivity index (χ1) is 29.5. The standard InChI is InChI=1S/C52H116N10/c1-19-29-35-37-41-55-51(58(17)18,50(57-48(13,14)15,54-40-36-30-20-2)49(16,56-47(11)12)53-39-32-22-4)52(59(27-9)28-10,60(42-25-7)43-26-8)62(46-38-31-21-3)61(44-33-23-5)45-34-24-6/h47,53-57H,19-46H2,1-18H3. The van der Waals surface area contributed by atoms with Gasteiger partial charge in [-0.15, -0.1) is 0 Å². The van der Waals surface area contributed by atoms with Crippen LogP contribution in [0.15, 0.2) is 0 Å². The first kappa shape index (κ1) is 61.6. The van der Waals surface area contributed by atoms with Crippen molar-refractivity contribution in [1.82, 2.24) is 51.3 Å². The van der Waals surface area contributed by atoms with E-state index in [1.54, 1.807) is 0 Å². The maximum atomic E-state index is 4.76. The molecule has 0 heterocycles. The lowest BCUT2D eigenvalue weighted by atomic mass is 9.71. The number of nitrogens with one attached hydrogen (secondary N) is 5. The van der Waals surface area contributed by atoms with Crippen molar-refractivity contribution in [3.8, 4) is 0 Å². The zero-order valence-electron chi connectivity index (χ0n) is 45.6. The molecule has 0 amide bonds. The Morgan fingerprint density at radius 3 is 1.37 bits per heavy atom. The molecule has 0 rings (SSSR count). The smallest absolute Gasteiger partial charge is 0.180 e. The van der Waals surface area contributed by atoms with Gasteiger partial charge in [-0.2, -0.15) is 0 Å². The van der Waals surface area contributed by atoms with Gasteiger partial charge in [-0.05, 0) is 140 Å². The quantitative estimate of drug-likeness (QED) is 0.0233. The number of hydrazine groups is 1. The topological polar surface area (TPSA) is 76.4 Å². The van der Waals surface area contributed by atoms with Gasteiger partial charge in [-0.3, -0.25) is 41.3 Å². The maximum absolute atomic E-state index is 4.76. The summed E-state index contributed by atoms with van der Waals surface area (Å²) in [7, 11) is 4.85. The largest absolute Gasteiger partial charge is 0.297 e. The Kier molecular flexibility index (Phi) is 32.9. The van der Waals surface area contributed by atoms with E-state index in [1.807, 2.05) is 0 Å². The van der Waals surface area contributed by atoms with E-state index < -0.39 is 22.8 Å². The van der Waals surface area contributed by atoms with Crippen molar-refractivity contribution in [2.45, 2.75) is 261 Å². The Morgan fingerprint density at radius 2 is 0.919 bits per heavy atom. The summed E-state index contributed by atoms with van der Waals surface area (Å²) in [5.74, 6) is -0.672. The molecule has 4 unspecified atom stereocenters. The van der Waals surface area contributed by atoms with Gasteiger partial charge < -0.3 is 0 Å². The normalized spacial score (nSPS) is 16.8. The van der Waals surface area contributed by atoms with E-state index in [4.69, 9.17) is 5.32 Å². The summed E-state index contributed by atoms with van der Waals surface area (Å²) in [6, 6.07) is 0.216. The molecule has 0 aliphatic carbocycles. The summed E-state index contributed by atoms with van der Waals surface area (Å²) in [6.45, 7) is 48.0. The third kappa shape index (κ3) is 17.0. The molecular formula is C52H116N10. The highest BCUT2D eigenvalue weighted by atomic mass is 15.8. The SMILES string of the molecule is CCCCCCNC(N(C)C)(C(N(CC)CC)(N(CCC)CCC)N(CCCCC)N(CCCC)CCCC)C(NCCCCC)(NC(C)(C)C)C(C)(NCCCC)NC(C)C. The molecule has 0 bridgehead atoms. The predicted octanol–water partition coefficient (Wildman–Crippen LogP) is 10.8. The van der Waals surface area contributed by atoms with Crippen LogP contribution < -0.4 is 26.6 Å². The summed E-state index contributed by atoms with van der Waals surface area (Å²) in [6.07, 6.45) is 21.0. The molecule has 10 heteroatoms. The Bertz CT molecular complexity index is 1040. The van der Waals surface area contributed by atoms with Gasteiger partial charge in [-0.1, -0.05) is 133 Å². The predicted molar refractivity (Wildman–Crippen MR) is 277 cm³/mol. The van der Waals surface area contributed by atoms with Crippen LogP contribution in [0.3, 0.4) is 0 Å². The van der Waals surface area contributed by atoms with E-state index in [1.165, 1.54) is 70.6 Å². The van der Waals surface area contributed by atoms with Crippen LogP contribution >= 0.6 is 0 Å². The minimum Gasteiger partial charge on any atom is -0.297 e. The molecule has 10 nitrogen and oxygen atoms in total. The van der Waals surface area contributed by atoms with Crippen LogP contribution in [0.25, 0.3) is 0 Å². The molecule has 0 fully saturated rings. The minimum atomic E-state index is -0.815. The summed E-state index contributed by atoms with van der Waals surface area (Å²) in [5, 5.41) is 28.7. The van der Waals surface area contributed by atoms with Crippen LogP contribution in [0.4, 0.5) is 0 Å². The summed E-state index contributed by atoms with van der Waals surface area (Å²) < 4.78 is 0. The Hall–Kier alpha value is -0.400. The highest BCUT2D eigenvalue weighted by molar-refractivity contribution is 5.28. The molecule has 62 heavy (non-hydrogen) atoms. The first-order valence-corrected chi connectivity index (χ1v) is 27.0. The van der Waals surface area contributed by atoms with Gasteiger partial charge in [0, 0.05) is 44.3 Å². The van der Waals surface area contributed by atoms with E-state index in [0.29, 0.717) is 0 Å². The van der Waals surface area contributed by atoms with Gasteiger partial charge in [0.05, 0.1) is 0 Å². The molecule has 0 saturated carbocycles. The van der Waals surface area contributed by atoms with Crippen molar-refractivity contribution in [3.05, 3.63) is 0 Å². The lowest BCUT2D eigenvalue weighted by molar-refractivity contribution is -0.335. The molecule has 0 aliphatic rings. The van der Waals surface area contributed by atoms with Crippen molar-refractivity contribution in [2.75, 3.05) is 79.5 Å². The number of likely N-dealkylation sites (N-methyl/N-ethyl adjacent to an activating group) is 2. The van der Waals surface area contributed by atoms with Crippen molar-refractivity contribution in [3.63, 3.8) is 0 Å². The van der Waals surface area contributed by atoms with Crippen LogP contribution in [0.1, 0.15) is 226 Å². The van der Waals surface area contributed by atoms with Crippen molar-refractivity contribution >= 4 is 0 Å². The van der Waals surface area contributed by atoms with E-state index in [-0.39, 0.29) is 11.6 Å². The zero-order valence-corrected chi connectivity index (χ0v) is 45.6. The third-order valence-corrected chi connectivity index (χ3v) is 13.0. The van der Waals surface area contributed by atoms with Gasteiger partial charge in [0.1, 0.15) is 11.3 Å². The number of rotatable bonds is 42. The number of hydrogen-bond acceptors (Lipinski definition) is 10. The molecule has 0 saturated heterocycles. The van der Waals surface area contributed by atoms with Crippen LogP contribution in [-0.2, 0) is 0 Å². The zero-order chi connectivity index (χ0) is 47.3. The fraction of sp³-hybridized carbons (Fsp3) is 1.00. The van der Waals surface area contributed by atoms with Crippen LogP contribution in [-0.4, -0.2) is 139 Å². The van der Waals surface area contributed by atoms with Crippen molar-refractivity contribution in [1.29, 1.82) is 0 Å². The van der Waals surface area contributed by atoms with Gasteiger partial charge >= 0.3 is 0 Å². The lowest BCUT2D eigenvalue weighted by Crippen LogP contribution is -3.02. The van der Waals surface area contributed by atoms with Gasteiger partial charge in [0.2, 0.25) is 0 Å². The molecule has 0 aromatic carbocycles. The number of hydrogen-bond donors (Lipinski definition) is 5. The molecule has 0 radical (unpaired) electrons. The fourth-order valence-corrected chi connectivity index (χ4v) is 10.5. The van der Waals surface area contributed by atoms with E-state index >= 15 is 0 Å². The van der Waals surface area contributed by atoms with Gasteiger partial charge in [0.15, 0.2) is 11.4 Å². The maximum Gasteiger partial charge on any atom is 0.180 e. The van der Waals surface area contributed by atoms with E-state index in [9.17, 15) is 0 Å². The summed E-state index contributed by atoms with van der Waals surface area (Å²) >= 11 is 0. The van der Waals surface area contributed by atoms with Gasteiger partial charge in [-0.25, -0.2) is 10.0 Å². The average molecular weight is 882 g/mol. The van der Waals surface area contributed by atoms with E-state index in [2.05, 4.69) is 171 Å². The third-order valence-electron chi connectivity index (χ3n) is 13.0. The second kappa shape index (κ2) is 33.1. The monoisotopic (exact) mass is 881 g/mol. The first-order valence-electron chi connectivity index (χ1n) is 27.0. The number of nitrogens with zero attached hydrogens (tertiary/aromatic N) is 5. The van der Waals surface area contributed by atoms with Crippen LogP contribution in [0.5, 0.6) is 0 Å². The molecule has 0 aromatic rings. The second-order valence-electron chi connectivity index (χ2n) is 20.3. The van der Waals surface area contributed by atoms with Crippen LogP contribution in [0, 0.1) is 0 Å². The second-order valence-corrected chi connectivity index (χ2v) is 20.3. The molecule has 0 aliphatic heterocycles. The Balaban J connectivity index is 10.2. The van der Waals surface area contributed by atoms with Crippen LogP contribution in [0.2, 0.25) is 0 Å². The van der Waals surface area contributed by atoms with Gasteiger partial charge in [0.25, 0.3) is 0 Å². The molecule has 0 spiro atoms. The Labute approximate surface area is 390 Å². The number of unbranched alkanes of at least 4 members (excludes halogenated alkanes) is 10. The highest BCUT2D eigenvalue weighted by Crippen LogP contribution is 2.49. The fourth-order valence-electron chi connectivity index (χ4n) is 10.5. The Morgan fingerprint density at radius 1 is 0.452 bits per heavy atom. The highest BCUT2D eigenvalue weighted by Gasteiger charge is 2.76.